The molecule has 274 valence electrons. The van der Waals surface area contributed by atoms with Crippen molar-refractivity contribution >= 4 is 17.7 Å². The lowest BCUT2D eigenvalue weighted by Gasteiger charge is -2.24. The van der Waals surface area contributed by atoms with Crippen LogP contribution in [0.4, 0.5) is 44.3 Å². The van der Waals surface area contributed by atoms with Crippen molar-refractivity contribution in [3.05, 3.63) is 117 Å². The number of amides is 1. The van der Waals surface area contributed by atoms with Crippen LogP contribution in [0.3, 0.4) is 0 Å². The van der Waals surface area contributed by atoms with Crippen LogP contribution < -0.4 is 0 Å². The number of rotatable bonds is 8. The lowest BCUT2D eigenvalue weighted by molar-refractivity contribution is -0.137. The molecule has 0 bridgehead atoms. The molecular weight excluding hydrogens is 713 g/mol. The van der Waals surface area contributed by atoms with E-state index in [0.29, 0.717) is 41.8 Å². The summed E-state index contributed by atoms with van der Waals surface area (Å²) in [6.45, 7) is 5.85. The molecule has 1 saturated heterocycles. The third kappa shape index (κ3) is 8.99. The van der Waals surface area contributed by atoms with Gasteiger partial charge in [0.15, 0.2) is 0 Å². The Morgan fingerprint density at radius 2 is 1.57 bits per heavy atom. The van der Waals surface area contributed by atoms with Gasteiger partial charge in [-0.05, 0) is 110 Å². The van der Waals surface area contributed by atoms with E-state index < -0.39 is 71.7 Å². The van der Waals surface area contributed by atoms with Crippen molar-refractivity contribution in [2.75, 3.05) is 0 Å². The Labute approximate surface area is 293 Å². The number of aliphatic hydroxyl groups is 1. The largest absolute Gasteiger partial charge is 0.439 e. The molecule has 0 saturated carbocycles. The van der Waals surface area contributed by atoms with Gasteiger partial charge in [-0.2, -0.15) is 39.5 Å². The van der Waals surface area contributed by atoms with Gasteiger partial charge in [-0.1, -0.05) is 48.0 Å². The predicted octanol–water partition coefficient (Wildman–Crippen LogP) is 11.7. The minimum atomic E-state index is -4.95. The molecule has 3 atom stereocenters. The fourth-order valence-electron chi connectivity index (χ4n) is 5.72. The van der Waals surface area contributed by atoms with Crippen molar-refractivity contribution in [2.45, 2.75) is 77.9 Å². The molecule has 1 fully saturated rings. The van der Waals surface area contributed by atoms with E-state index in [1.807, 2.05) is 6.92 Å². The number of halogens is 10. The second-order valence-corrected chi connectivity index (χ2v) is 12.6. The second-order valence-electron chi connectivity index (χ2n) is 12.2. The van der Waals surface area contributed by atoms with Crippen molar-refractivity contribution in [1.29, 1.82) is 0 Å². The maximum atomic E-state index is 14.0. The molecule has 4 nitrogen and oxygen atoms in total. The SMILES string of the molecule is C\C=C(/C=C(\C=C(/C)C(F)(F)F)C1OC(=O)N(Cc2cc(C(F)(F)F)ccc2-c2cc(-c3ccc(C(C)O)cc3C)ccc2Cl)C1C)C(F)(F)F. The molecule has 1 aliphatic heterocycles. The lowest BCUT2D eigenvalue weighted by Crippen LogP contribution is -2.34. The van der Waals surface area contributed by atoms with E-state index in [1.165, 1.54) is 13.0 Å². The van der Waals surface area contributed by atoms with Crippen LogP contribution >= 0.6 is 11.6 Å². The average molecular weight is 746 g/mol. The number of hydrogen-bond acceptors (Lipinski definition) is 3. The van der Waals surface area contributed by atoms with E-state index in [9.17, 15) is 49.4 Å². The molecule has 3 aromatic carbocycles. The Morgan fingerprint density at radius 1 is 0.922 bits per heavy atom. The van der Waals surface area contributed by atoms with Gasteiger partial charge in [-0.3, -0.25) is 4.90 Å². The molecule has 4 rings (SSSR count). The van der Waals surface area contributed by atoms with Crippen molar-refractivity contribution in [3.8, 4) is 22.3 Å². The minimum Gasteiger partial charge on any atom is -0.439 e. The number of allylic oxidation sites excluding steroid dienone is 4. The molecule has 1 aliphatic rings. The minimum absolute atomic E-state index is 0.0634. The van der Waals surface area contributed by atoms with Crippen molar-refractivity contribution in [1.82, 2.24) is 4.90 Å². The zero-order valence-electron chi connectivity index (χ0n) is 27.9. The number of cyclic esters (lactones) is 1. The Balaban J connectivity index is 1.82. The van der Waals surface area contributed by atoms with E-state index >= 15 is 0 Å². The number of nitrogens with zero attached hydrogens (tertiary/aromatic N) is 1. The summed E-state index contributed by atoms with van der Waals surface area (Å²) in [6, 6.07) is 11.8. The van der Waals surface area contributed by atoms with Crippen molar-refractivity contribution in [3.63, 3.8) is 0 Å². The van der Waals surface area contributed by atoms with Crippen LogP contribution in [0.25, 0.3) is 22.3 Å². The van der Waals surface area contributed by atoms with Gasteiger partial charge in [0, 0.05) is 16.2 Å². The quantitative estimate of drug-likeness (QED) is 0.184. The van der Waals surface area contributed by atoms with Gasteiger partial charge in [0.25, 0.3) is 0 Å². The Morgan fingerprint density at radius 3 is 2.12 bits per heavy atom. The van der Waals surface area contributed by atoms with Crippen LogP contribution in [0, 0.1) is 6.92 Å². The molecule has 1 N–H and O–H groups in total. The number of hydrogen-bond donors (Lipinski definition) is 1. The Bertz CT molecular complexity index is 1890. The zero-order valence-corrected chi connectivity index (χ0v) is 28.6. The van der Waals surface area contributed by atoms with Crippen LogP contribution in [0.15, 0.2) is 89.5 Å². The number of carbonyl (C=O) groups excluding carboxylic acids is 1. The molecule has 0 spiro atoms. The first kappa shape index (κ1) is 39.6. The van der Waals surface area contributed by atoms with Crippen molar-refractivity contribution < 1.29 is 54.2 Å². The van der Waals surface area contributed by atoms with Gasteiger partial charge < -0.3 is 9.84 Å². The molecule has 3 unspecified atom stereocenters. The first-order valence-electron chi connectivity index (χ1n) is 15.5. The van der Waals surface area contributed by atoms with Gasteiger partial charge in [0.1, 0.15) is 6.10 Å². The molecule has 1 heterocycles. The summed E-state index contributed by atoms with van der Waals surface area (Å²) in [7, 11) is 0. The standard InChI is InChI=1S/C37H33ClF9NO3/c1-6-27(36(42,43)44)15-25(14-20(3)35(39,40)41)33-21(4)48(34(50)51-33)18-26-16-28(37(45,46)47)9-11-30(26)31-17-24(8-12-32(31)38)29-10-7-23(22(5)49)13-19(29)2/h6-17,21-22,33,49H,18H2,1-5H3/b20-14+,25-15+,27-6+. The summed E-state index contributed by atoms with van der Waals surface area (Å²) in [6.07, 6.45) is -16.7. The highest BCUT2D eigenvalue weighted by Gasteiger charge is 2.43. The normalized spacial score (nSPS) is 18.7. The lowest BCUT2D eigenvalue weighted by atomic mass is 9.91. The average Bonchev–Trinajstić information content (AvgIpc) is 3.30. The van der Waals surface area contributed by atoms with Gasteiger partial charge in [0.2, 0.25) is 0 Å². The van der Waals surface area contributed by atoms with Crippen LogP contribution in [0.1, 0.15) is 56.1 Å². The van der Waals surface area contributed by atoms with E-state index in [-0.39, 0.29) is 16.1 Å². The summed E-state index contributed by atoms with van der Waals surface area (Å²) in [5, 5.41) is 10.1. The monoisotopic (exact) mass is 745 g/mol. The third-order valence-corrected chi connectivity index (χ3v) is 8.91. The number of aliphatic hydroxyl groups excluding tert-OH is 1. The fraction of sp³-hybridized carbons (Fsp3) is 0.324. The van der Waals surface area contributed by atoms with E-state index in [2.05, 4.69) is 0 Å². The van der Waals surface area contributed by atoms with Gasteiger partial charge in [0.05, 0.1) is 29.8 Å². The number of benzene rings is 3. The number of carbonyl (C=O) groups is 1. The molecule has 14 heteroatoms. The highest BCUT2D eigenvalue weighted by molar-refractivity contribution is 6.33. The molecule has 51 heavy (non-hydrogen) atoms. The molecule has 1 amide bonds. The maximum Gasteiger partial charge on any atom is 0.416 e. The van der Waals surface area contributed by atoms with Gasteiger partial charge in [-0.15, -0.1) is 0 Å². The second kappa shape index (κ2) is 14.8. The van der Waals surface area contributed by atoms with Gasteiger partial charge >= 0.3 is 24.6 Å². The van der Waals surface area contributed by atoms with Gasteiger partial charge in [-0.25, -0.2) is 4.79 Å². The third-order valence-electron chi connectivity index (χ3n) is 8.59. The first-order valence-corrected chi connectivity index (χ1v) is 15.9. The summed E-state index contributed by atoms with van der Waals surface area (Å²) in [5.41, 5.74) is -0.990. The van der Waals surface area contributed by atoms with E-state index in [1.54, 1.807) is 43.3 Å². The number of ether oxygens (including phenoxy) is 1. The number of aryl methyl sites for hydroxylation is 1. The molecule has 3 aromatic rings. The highest BCUT2D eigenvalue weighted by Crippen LogP contribution is 2.41. The molecule has 0 aromatic heterocycles. The van der Waals surface area contributed by atoms with E-state index in [0.717, 1.165) is 35.1 Å². The van der Waals surface area contributed by atoms with E-state index in [4.69, 9.17) is 16.3 Å². The smallest absolute Gasteiger partial charge is 0.416 e. The van der Waals surface area contributed by atoms with Crippen LogP contribution in [0.2, 0.25) is 5.02 Å². The highest BCUT2D eigenvalue weighted by atomic mass is 35.5. The van der Waals surface area contributed by atoms with Crippen molar-refractivity contribution in [2.24, 2.45) is 0 Å². The summed E-state index contributed by atoms with van der Waals surface area (Å²) in [5.74, 6) is 0. The summed E-state index contributed by atoms with van der Waals surface area (Å²) in [4.78, 5) is 14.2. The van der Waals surface area contributed by atoms with Crippen LogP contribution in [-0.4, -0.2) is 40.6 Å². The Hall–Kier alpha value is -4.23. The van der Waals surface area contributed by atoms with Crippen LogP contribution in [0.5, 0.6) is 0 Å². The van der Waals surface area contributed by atoms with Crippen LogP contribution in [-0.2, 0) is 17.5 Å². The molecule has 0 radical (unpaired) electrons. The zero-order chi connectivity index (χ0) is 38.2. The molecule has 0 aliphatic carbocycles. The first-order chi connectivity index (χ1) is 23.5. The topological polar surface area (TPSA) is 49.8 Å². The predicted molar refractivity (Wildman–Crippen MR) is 176 cm³/mol. The Kier molecular flexibility index (Phi) is 11.5. The summed E-state index contributed by atoms with van der Waals surface area (Å²) >= 11 is 6.59. The maximum absolute atomic E-state index is 14.0. The fourth-order valence-corrected chi connectivity index (χ4v) is 5.94. The molecular formula is C37H33ClF9NO3. The summed E-state index contributed by atoms with van der Waals surface area (Å²) < 4.78 is 129. The number of alkyl halides is 9.